The lowest BCUT2D eigenvalue weighted by Gasteiger charge is -2.18. The molecule has 18 heavy (non-hydrogen) atoms. The van der Waals surface area contributed by atoms with Crippen LogP contribution in [0.4, 0.5) is 4.39 Å². The molecule has 0 aliphatic heterocycles. The topological polar surface area (TPSA) is 21.3 Å². The Morgan fingerprint density at radius 2 is 2.17 bits per heavy atom. The van der Waals surface area contributed by atoms with Gasteiger partial charge < -0.3 is 10.1 Å². The maximum Gasteiger partial charge on any atom is 0.137 e. The molecular weight excluding hydrogens is 297 g/mol. The van der Waals surface area contributed by atoms with E-state index in [1.165, 1.54) is 6.07 Å². The second kappa shape index (κ2) is 8.62. The first-order valence-electron chi connectivity index (χ1n) is 6.42. The molecule has 1 N–H and O–H groups in total. The van der Waals surface area contributed by atoms with E-state index in [1.54, 1.807) is 0 Å². The van der Waals surface area contributed by atoms with Crippen molar-refractivity contribution in [2.75, 3.05) is 19.8 Å². The van der Waals surface area contributed by atoms with Gasteiger partial charge in [0.15, 0.2) is 0 Å². The lowest BCUT2D eigenvalue weighted by molar-refractivity contribution is 0.136. The van der Waals surface area contributed by atoms with Crippen molar-refractivity contribution in [2.45, 2.75) is 32.7 Å². The van der Waals surface area contributed by atoms with E-state index in [1.807, 2.05) is 19.1 Å². The number of likely N-dealkylation sites (N-methyl/N-ethyl adjacent to an activating group) is 1. The van der Waals surface area contributed by atoms with Gasteiger partial charge in [0.1, 0.15) is 5.82 Å². The fraction of sp³-hybridized carbons (Fsp3) is 0.571. The molecule has 0 aliphatic carbocycles. The summed E-state index contributed by atoms with van der Waals surface area (Å²) in [6.45, 7) is 6.53. The molecule has 1 unspecified atom stereocenters. The molecule has 1 aromatic rings. The largest absolute Gasteiger partial charge is 0.382 e. The Hall–Kier alpha value is -0.450. The molecule has 0 radical (unpaired) electrons. The highest BCUT2D eigenvalue weighted by Crippen LogP contribution is 2.18. The predicted octanol–water partition coefficient (Wildman–Crippen LogP) is 3.54. The molecule has 1 rings (SSSR count). The monoisotopic (exact) mass is 317 g/mol. The Kier molecular flexibility index (Phi) is 7.47. The van der Waals surface area contributed by atoms with Crippen LogP contribution in [0.15, 0.2) is 22.7 Å². The highest BCUT2D eigenvalue weighted by molar-refractivity contribution is 9.10. The van der Waals surface area contributed by atoms with E-state index < -0.39 is 0 Å². The third kappa shape index (κ3) is 5.46. The van der Waals surface area contributed by atoms with Gasteiger partial charge in [0, 0.05) is 19.3 Å². The first-order chi connectivity index (χ1) is 8.67. The van der Waals surface area contributed by atoms with Gasteiger partial charge >= 0.3 is 0 Å². The Bertz CT molecular complexity index is 360. The average Bonchev–Trinajstić information content (AvgIpc) is 2.34. The maximum absolute atomic E-state index is 13.2. The molecule has 1 atom stereocenters. The minimum atomic E-state index is -0.215. The van der Waals surface area contributed by atoms with Crippen molar-refractivity contribution in [2.24, 2.45) is 0 Å². The minimum Gasteiger partial charge on any atom is -0.382 e. The van der Waals surface area contributed by atoms with Gasteiger partial charge in [-0.2, -0.15) is 0 Å². The van der Waals surface area contributed by atoms with Crippen LogP contribution in [0.2, 0.25) is 0 Å². The van der Waals surface area contributed by atoms with E-state index in [-0.39, 0.29) is 5.82 Å². The third-order valence-corrected chi connectivity index (χ3v) is 3.38. The zero-order chi connectivity index (χ0) is 13.4. The van der Waals surface area contributed by atoms with Gasteiger partial charge in [0.25, 0.3) is 0 Å². The van der Waals surface area contributed by atoms with Gasteiger partial charge in [0.2, 0.25) is 0 Å². The van der Waals surface area contributed by atoms with Crippen LogP contribution in [-0.4, -0.2) is 25.8 Å². The number of rotatable bonds is 8. The SMILES string of the molecule is CCNC(CCOCC)Cc1ccc(F)c(Br)c1. The van der Waals surface area contributed by atoms with Crippen LogP contribution < -0.4 is 5.32 Å². The van der Waals surface area contributed by atoms with Crippen LogP contribution in [0, 0.1) is 5.82 Å². The average molecular weight is 318 g/mol. The van der Waals surface area contributed by atoms with Crippen LogP contribution in [0.1, 0.15) is 25.8 Å². The van der Waals surface area contributed by atoms with Crippen LogP contribution in [0.3, 0.4) is 0 Å². The number of benzene rings is 1. The van der Waals surface area contributed by atoms with Crippen molar-refractivity contribution in [3.05, 3.63) is 34.1 Å². The molecule has 0 fully saturated rings. The summed E-state index contributed by atoms with van der Waals surface area (Å²) in [6.07, 6.45) is 1.86. The van der Waals surface area contributed by atoms with Crippen molar-refractivity contribution in [3.8, 4) is 0 Å². The Labute approximate surface area is 117 Å². The summed E-state index contributed by atoms with van der Waals surface area (Å²) in [5, 5.41) is 3.44. The number of hydrogen-bond acceptors (Lipinski definition) is 2. The van der Waals surface area contributed by atoms with E-state index in [0.717, 1.165) is 38.2 Å². The Morgan fingerprint density at radius 1 is 1.39 bits per heavy atom. The highest BCUT2D eigenvalue weighted by Gasteiger charge is 2.09. The standard InChI is InChI=1S/C14H21BrFNO/c1-3-17-12(7-8-18-4-2)9-11-5-6-14(16)13(15)10-11/h5-6,10,12,17H,3-4,7-9H2,1-2H3. The highest BCUT2D eigenvalue weighted by atomic mass is 79.9. The lowest BCUT2D eigenvalue weighted by Crippen LogP contribution is -2.32. The second-order valence-electron chi connectivity index (χ2n) is 4.19. The molecule has 2 nitrogen and oxygen atoms in total. The van der Waals surface area contributed by atoms with E-state index in [0.29, 0.717) is 10.5 Å². The van der Waals surface area contributed by atoms with Crippen molar-refractivity contribution in [3.63, 3.8) is 0 Å². The van der Waals surface area contributed by atoms with Crippen LogP contribution in [0.25, 0.3) is 0 Å². The van der Waals surface area contributed by atoms with E-state index >= 15 is 0 Å². The molecule has 1 aromatic carbocycles. The van der Waals surface area contributed by atoms with E-state index in [2.05, 4.69) is 28.2 Å². The molecule has 4 heteroatoms. The molecule has 0 bridgehead atoms. The summed E-state index contributed by atoms with van der Waals surface area (Å²) in [4.78, 5) is 0. The second-order valence-corrected chi connectivity index (χ2v) is 5.05. The summed E-state index contributed by atoms with van der Waals surface area (Å²) in [6, 6.07) is 5.56. The first-order valence-corrected chi connectivity index (χ1v) is 7.21. The lowest BCUT2D eigenvalue weighted by atomic mass is 10.0. The predicted molar refractivity (Wildman–Crippen MR) is 76.4 cm³/mol. The Balaban J connectivity index is 2.55. The third-order valence-electron chi connectivity index (χ3n) is 2.77. The number of hydrogen-bond donors (Lipinski definition) is 1. The van der Waals surface area contributed by atoms with Gasteiger partial charge in [-0.15, -0.1) is 0 Å². The van der Waals surface area contributed by atoms with E-state index in [4.69, 9.17) is 4.74 Å². The molecule has 0 aromatic heterocycles. The molecule has 0 spiro atoms. The molecular formula is C14H21BrFNO. The van der Waals surface area contributed by atoms with Crippen LogP contribution in [-0.2, 0) is 11.2 Å². The maximum atomic E-state index is 13.2. The molecule has 0 heterocycles. The molecule has 0 aliphatic rings. The quantitative estimate of drug-likeness (QED) is 0.740. The summed E-state index contributed by atoms with van der Waals surface area (Å²) in [5.74, 6) is -0.215. The Morgan fingerprint density at radius 3 is 2.78 bits per heavy atom. The minimum absolute atomic E-state index is 0.215. The summed E-state index contributed by atoms with van der Waals surface area (Å²) >= 11 is 3.22. The number of halogens is 2. The van der Waals surface area contributed by atoms with Gasteiger partial charge in [-0.05, 0) is 59.9 Å². The first kappa shape index (κ1) is 15.6. The van der Waals surface area contributed by atoms with Crippen molar-refractivity contribution in [1.29, 1.82) is 0 Å². The fourth-order valence-electron chi connectivity index (χ4n) is 1.89. The smallest absolute Gasteiger partial charge is 0.137 e. The van der Waals surface area contributed by atoms with Crippen molar-refractivity contribution in [1.82, 2.24) is 5.32 Å². The van der Waals surface area contributed by atoms with Gasteiger partial charge in [0.05, 0.1) is 4.47 Å². The van der Waals surface area contributed by atoms with E-state index in [9.17, 15) is 4.39 Å². The van der Waals surface area contributed by atoms with Crippen LogP contribution in [0.5, 0.6) is 0 Å². The van der Waals surface area contributed by atoms with Gasteiger partial charge in [-0.25, -0.2) is 4.39 Å². The van der Waals surface area contributed by atoms with Crippen molar-refractivity contribution < 1.29 is 9.13 Å². The molecule has 0 saturated carbocycles. The zero-order valence-corrected chi connectivity index (χ0v) is 12.6. The number of ether oxygens (including phenoxy) is 1. The van der Waals surface area contributed by atoms with Gasteiger partial charge in [-0.3, -0.25) is 0 Å². The van der Waals surface area contributed by atoms with Crippen LogP contribution >= 0.6 is 15.9 Å². The normalized spacial score (nSPS) is 12.7. The van der Waals surface area contributed by atoms with Crippen molar-refractivity contribution >= 4 is 15.9 Å². The summed E-state index contributed by atoms with van der Waals surface area (Å²) in [5.41, 5.74) is 1.13. The number of nitrogens with one attached hydrogen (secondary N) is 1. The molecule has 0 amide bonds. The summed E-state index contributed by atoms with van der Waals surface area (Å²) in [7, 11) is 0. The zero-order valence-electron chi connectivity index (χ0n) is 11.0. The summed E-state index contributed by atoms with van der Waals surface area (Å²) < 4.78 is 19.1. The van der Waals surface area contributed by atoms with Gasteiger partial charge in [-0.1, -0.05) is 13.0 Å². The fourth-order valence-corrected chi connectivity index (χ4v) is 2.31. The molecule has 0 saturated heterocycles. The molecule has 102 valence electrons.